The summed E-state index contributed by atoms with van der Waals surface area (Å²) < 4.78 is 0. The fourth-order valence-electron chi connectivity index (χ4n) is 1.47. The van der Waals surface area contributed by atoms with Crippen LogP contribution in [0.4, 0.5) is 5.13 Å². The Morgan fingerprint density at radius 2 is 2.20 bits per heavy atom. The first kappa shape index (κ1) is 11.1. The number of halogens is 1. The van der Waals surface area contributed by atoms with E-state index in [0.29, 0.717) is 22.6 Å². The summed E-state index contributed by atoms with van der Waals surface area (Å²) in [4.78, 5) is 6.96. The molecule has 15 heavy (non-hydrogen) atoms. The van der Waals surface area contributed by atoms with E-state index in [4.69, 9.17) is 21.8 Å². The lowest BCUT2D eigenvalue weighted by molar-refractivity contribution is 0.285. The molecule has 2 N–H and O–H groups in total. The second-order valence-electron chi connectivity index (χ2n) is 3.52. The third-order valence-corrected chi connectivity index (χ3v) is 3.86. The molecule has 1 fully saturated rings. The van der Waals surface area contributed by atoms with Gasteiger partial charge in [0.2, 0.25) is 0 Å². The largest absolute Gasteiger partial charge is 0.395 e. The second kappa shape index (κ2) is 4.65. The van der Waals surface area contributed by atoms with Crippen molar-refractivity contribution in [3.05, 3.63) is 10.0 Å². The zero-order valence-corrected chi connectivity index (χ0v) is 9.76. The van der Waals surface area contributed by atoms with E-state index in [1.165, 1.54) is 11.3 Å². The molecule has 0 bridgehead atoms. The maximum atomic E-state index is 9.02. The lowest BCUT2D eigenvalue weighted by Gasteiger charge is -2.19. The smallest absolute Gasteiger partial charge is 0.187 e. The summed E-state index contributed by atoms with van der Waals surface area (Å²) >= 11 is 7.26. The number of aliphatic hydroxyl groups excluding tert-OH is 2. The number of rotatable bonds is 5. The van der Waals surface area contributed by atoms with Crippen molar-refractivity contribution in [2.45, 2.75) is 25.5 Å². The molecule has 6 heteroatoms. The van der Waals surface area contributed by atoms with Gasteiger partial charge in [-0.1, -0.05) is 22.9 Å². The third-order valence-electron chi connectivity index (χ3n) is 2.36. The van der Waals surface area contributed by atoms with Gasteiger partial charge in [-0.05, 0) is 12.8 Å². The van der Waals surface area contributed by atoms with Crippen LogP contribution in [0.15, 0.2) is 0 Å². The normalized spacial score (nSPS) is 15.7. The summed E-state index contributed by atoms with van der Waals surface area (Å²) in [5.41, 5.74) is 0. The van der Waals surface area contributed by atoms with E-state index in [1.807, 2.05) is 0 Å². The summed E-state index contributed by atoms with van der Waals surface area (Å²) in [5.74, 6) is 0. The van der Waals surface area contributed by atoms with Crippen LogP contribution in [0.3, 0.4) is 0 Å². The van der Waals surface area contributed by atoms with Crippen LogP contribution in [0, 0.1) is 0 Å². The Bertz CT molecular complexity index is 341. The zero-order chi connectivity index (χ0) is 10.8. The number of aromatic nitrogens is 1. The molecule has 0 aromatic carbocycles. The molecule has 1 aliphatic carbocycles. The third kappa shape index (κ3) is 2.42. The molecule has 1 heterocycles. The Morgan fingerprint density at radius 3 is 2.67 bits per heavy atom. The summed E-state index contributed by atoms with van der Waals surface area (Å²) in [6.07, 6.45) is 2.29. The van der Waals surface area contributed by atoms with Crippen molar-refractivity contribution in [1.82, 2.24) is 4.98 Å². The highest BCUT2D eigenvalue weighted by Gasteiger charge is 2.31. The summed E-state index contributed by atoms with van der Waals surface area (Å²) in [5, 5.41) is 19.2. The lowest BCUT2D eigenvalue weighted by atomic mass is 10.5. The molecule has 0 atom stereocenters. The van der Waals surface area contributed by atoms with Crippen molar-refractivity contribution in [2.24, 2.45) is 0 Å². The number of aliphatic hydroxyl groups is 2. The van der Waals surface area contributed by atoms with Crippen molar-refractivity contribution < 1.29 is 10.2 Å². The molecule has 0 aliphatic heterocycles. The SMILES string of the molecule is OCCN(c1nc(Cl)c(CO)s1)C1CC1. The molecule has 1 aromatic heterocycles. The highest BCUT2D eigenvalue weighted by Crippen LogP contribution is 2.36. The van der Waals surface area contributed by atoms with Gasteiger partial charge in [0.25, 0.3) is 0 Å². The van der Waals surface area contributed by atoms with Crippen molar-refractivity contribution in [3.63, 3.8) is 0 Å². The van der Waals surface area contributed by atoms with Crippen molar-refractivity contribution in [1.29, 1.82) is 0 Å². The fourth-order valence-corrected chi connectivity index (χ4v) is 2.69. The van der Waals surface area contributed by atoms with Gasteiger partial charge in [0, 0.05) is 12.6 Å². The molecule has 0 spiro atoms. The number of nitrogens with zero attached hydrogens (tertiary/aromatic N) is 2. The van der Waals surface area contributed by atoms with Crippen LogP contribution in [-0.4, -0.2) is 34.4 Å². The molecule has 2 rings (SSSR count). The van der Waals surface area contributed by atoms with E-state index >= 15 is 0 Å². The van der Waals surface area contributed by atoms with E-state index in [-0.39, 0.29) is 13.2 Å². The van der Waals surface area contributed by atoms with E-state index < -0.39 is 0 Å². The minimum absolute atomic E-state index is 0.0753. The molecular weight excluding hydrogens is 236 g/mol. The van der Waals surface area contributed by atoms with Crippen LogP contribution >= 0.6 is 22.9 Å². The molecule has 0 amide bonds. The Labute approximate surface area is 97.1 Å². The maximum absolute atomic E-state index is 9.02. The van der Waals surface area contributed by atoms with Gasteiger partial charge in [-0.25, -0.2) is 4.98 Å². The van der Waals surface area contributed by atoms with Gasteiger partial charge in [0.05, 0.1) is 18.1 Å². The number of hydrogen-bond donors (Lipinski definition) is 2. The van der Waals surface area contributed by atoms with Gasteiger partial charge < -0.3 is 15.1 Å². The van der Waals surface area contributed by atoms with E-state index in [0.717, 1.165) is 18.0 Å². The first-order valence-corrected chi connectivity index (χ1v) is 6.09. The molecule has 84 valence electrons. The van der Waals surface area contributed by atoms with Gasteiger partial charge in [-0.15, -0.1) is 0 Å². The van der Waals surface area contributed by atoms with Gasteiger partial charge in [0.1, 0.15) is 5.15 Å². The predicted octanol–water partition coefficient (Wildman–Crippen LogP) is 1.25. The summed E-state index contributed by atoms with van der Waals surface area (Å²) in [6, 6.07) is 0.492. The second-order valence-corrected chi connectivity index (χ2v) is 4.94. The van der Waals surface area contributed by atoms with Crippen LogP contribution in [0.1, 0.15) is 17.7 Å². The van der Waals surface area contributed by atoms with Crippen LogP contribution < -0.4 is 4.90 Å². The molecule has 1 aromatic rings. The fraction of sp³-hybridized carbons (Fsp3) is 0.667. The van der Waals surface area contributed by atoms with Crippen molar-refractivity contribution >= 4 is 28.1 Å². The topological polar surface area (TPSA) is 56.6 Å². The average molecular weight is 249 g/mol. The quantitative estimate of drug-likeness (QED) is 0.824. The highest BCUT2D eigenvalue weighted by molar-refractivity contribution is 7.16. The summed E-state index contributed by atoms with van der Waals surface area (Å²) in [7, 11) is 0. The molecule has 1 saturated carbocycles. The van der Waals surface area contributed by atoms with Gasteiger partial charge in [-0.2, -0.15) is 0 Å². The molecule has 1 aliphatic rings. The Kier molecular flexibility index (Phi) is 3.45. The Hall–Kier alpha value is -0.360. The van der Waals surface area contributed by atoms with Crippen molar-refractivity contribution in [3.8, 4) is 0 Å². The number of anilines is 1. The molecule has 0 radical (unpaired) electrons. The number of hydrogen-bond acceptors (Lipinski definition) is 5. The van der Waals surface area contributed by atoms with Gasteiger partial charge in [0.15, 0.2) is 5.13 Å². The van der Waals surface area contributed by atoms with E-state index in [9.17, 15) is 0 Å². The monoisotopic (exact) mass is 248 g/mol. The molecule has 0 saturated heterocycles. The average Bonchev–Trinajstić information content (AvgIpc) is 2.99. The maximum Gasteiger partial charge on any atom is 0.187 e. The van der Waals surface area contributed by atoms with Gasteiger partial charge >= 0.3 is 0 Å². The first-order valence-electron chi connectivity index (χ1n) is 4.89. The van der Waals surface area contributed by atoms with Crippen LogP contribution in [0.2, 0.25) is 5.15 Å². The molecular formula is C9H13ClN2O2S. The predicted molar refractivity (Wildman–Crippen MR) is 60.5 cm³/mol. The van der Waals surface area contributed by atoms with E-state index in [2.05, 4.69) is 9.88 Å². The lowest BCUT2D eigenvalue weighted by Crippen LogP contribution is -2.28. The zero-order valence-electron chi connectivity index (χ0n) is 8.19. The number of thiazole rings is 1. The first-order chi connectivity index (χ1) is 7.26. The minimum Gasteiger partial charge on any atom is -0.395 e. The van der Waals surface area contributed by atoms with Gasteiger partial charge in [-0.3, -0.25) is 0 Å². The van der Waals surface area contributed by atoms with Crippen LogP contribution in [-0.2, 0) is 6.61 Å². The minimum atomic E-state index is -0.0753. The Morgan fingerprint density at radius 1 is 1.47 bits per heavy atom. The summed E-state index contributed by atoms with van der Waals surface area (Å²) in [6.45, 7) is 0.621. The molecule has 4 nitrogen and oxygen atoms in total. The highest BCUT2D eigenvalue weighted by atomic mass is 35.5. The van der Waals surface area contributed by atoms with Crippen LogP contribution in [0.5, 0.6) is 0 Å². The Balaban J connectivity index is 2.17. The van der Waals surface area contributed by atoms with E-state index in [1.54, 1.807) is 0 Å². The van der Waals surface area contributed by atoms with Crippen molar-refractivity contribution in [2.75, 3.05) is 18.1 Å². The standard InChI is InChI=1S/C9H13ClN2O2S/c10-8-7(5-14)15-9(11-8)12(3-4-13)6-1-2-6/h6,13-14H,1-5H2. The molecule has 0 unspecified atom stereocenters. The van der Waals surface area contributed by atoms with Crippen LogP contribution in [0.25, 0.3) is 0 Å².